The number of aromatic amines is 1. The maximum atomic E-state index is 6.23. The van der Waals surface area contributed by atoms with Gasteiger partial charge in [0.05, 0.1) is 15.7 Å². The van der Waals surface area contributed by atoms with E-state index in [2.05, 4.69) is 26.2 Å². The van der Waals surface area contributed by atoms with Crippen LogP contribution < -0.4 is 5.32 Å². The van der Waals surface area contributed by atoms with Gasteiger partial charge in [-0.25, -0.2) is 0 Å². The molecular formula is C15H10BrCl3N2. The van der Waals surface area contributed by atoms with Crippen molar-refractivity contribution in [3.05, 3.63) is 61.6 Å². The third kappa shape index (κ3) is 3.02. The van der Waals surface area contributed by atoms with Gasteiger partial charge in [0.2, 0.25) is 0 Å². The molecule has 21 heavy (non-hydrogen) atoms. The normalized spacial score (nSPS) is 11.0. The molecule has 6 heteroatoms. The second-order valence-electron chi connectivity index (χ2n) is 4.58. The van der Waals surface area contributed by atoms with Gasteiger partial charge < -0.3 is 10.3 Å². The van der Waals surface area contributed by atoms with Crippen LogP contribution in [0.1, 0.15) is 5.56 Å². The molecule has 1 aromatic heterocycles. The fraction of sp³-hybridized carbons (Fsp3) is 0.0667. The molecule has 0 amide bonds. The Morgan fingerprint density at radius 1 is 1.05 bits per heavy atom. The van der Waals surface area contributed by atoms with Crippen LogP contribution in [0.4, 0.5) is 5.69 Å². The van der Waals surface area contributed by atoms with Gasteiger partial charge in [0.1, 0.15) is 0 Å². The second kappa shape index (κ2) is 6.09. The van der Waals surface area contributed by atoms with Crippen LogP contribution in [0.3, 0.4) is 0 Å². The van der Waals surface area contributed by atoms with Crippen molar-refractivity contribution in [3.8, 4) is 0 Å². The molecule has 0 fully saturated rings. The molecule has 0 saturated carbocycles. The molecule has 0 bridgehead atoms. The maximum absolute atomic E-state index is 6.23. The topological polar surface area (TPSA) is 27.8 Å². The first-order valence-corrected chi connectivity index (χ1v) is 8.12. The lowest BCUT2D eigenvalue weighted by atomic mass is 10.1. The first-order valence-electron chi connectivity index (χ1n) is 6.19. The molecule has 0 aliphatic carbocycles. The monoisotopic (exact) mass is 402 g/mol. The van der Waals surface area contributed by atoms with Crippen molar-refractivity contribution in [1.82, 2.24) is 4.98 Å². The lowest BCUT2D eigenvalue weighted by Crippen LogP contribution is -1.99. The molecule has 1 heterocycles. The largest absolute Gasteiger partial charge is 0.380 e. The molecule has 2 N–H and O–H groups in total. The summed E-state index contributed by atoms with van der Waals surface area (Å²) >= 11 is 21.7. The van der Waals surface area contributed by atoms with Crippen LogP contribution in [0.5, 0.6) is 0 Å². The summed E-state index contributed by atoms with van der Waals surface area (Å²) in [4.78, 5) is 3.21. The van der Waals surface area contributed by atoms with Crippen LogP contribution >= 0.6 is 50.7 Å². The van der Waals surface area contributed by atoms with Crippen molar-refractivity contribution in [2.24, 2.45) is 0 Å². The summed E-state index contributed by atoms with van der Waals surface area (Å²) in [5.41, 5.74) is 2.95. The van der Waals surface area contributed by atoms with Crippen LogP contribution in [0.2, 0.25) is 15.1 Å². The SMILES string of the molecule is Clc1ccc2c(CNc3ccc(Br)c(Cl)c3Cl)c[nH]c2c1. The van der Waals surface area contributed by atoms with E-state index in [9.17, 15) is 0 Å². The van der Waals surface area contributed by atoms with Gasteiger partial charge in [0, 0.05) is 33.1 Å². The minimum atomic E-state index is 0.507. The van der Waals surface area contributed by atoms with Crippen LogP contribution in [0.15, 0.2) is 41.0 Å². The van der Waals surface area contributed by atoms with Crippen molar-refractivity contribution in [1.29, 1.82) is 0 Å². The van der Waals surface area contributed by atoms with Gasteiger partial charge in [0.15, 0.2) is 0 Å². The van der Waals surface area contributed by atoms with E-state index < -0.39 is 0 Å². The van der Waals surface area contributed by atoms with Crippen LogP contribution in [-0.4, -0.2) is 4.98 Å². The predicted molar refractivity (Wildman–Crippen MR) is 94.8 cm³/mol. The first kappa shape index (κ1) is 15.0. The summed E-state index contributed by atoms with van der Waals surface area (Å²) in [5.74, 6) is 0. The molecule has 108 valence electrons. The van der Waals surface area contributed by atoms with Crippen molar-refractivity contribution >= 4 is 67.3 Å². The van der Waals surface area contributed by atoms with E-state index in [-0.39, 0.29) is 0 Å². The highest BCUT2D eigenvalue weighted by molar-refractivity contribution is 9.10. The number of halogens is 4. The molecule has 3 aromatic rings. The molecule has 2 aromatic carbocycles. The van der Waals surface area contributed by atoms with Crippen LogP contribution in [-0.2, 0) is 6.54 Å². The number of hydrogen-bond donors (Lipinski definition) is 2. The Morgan fingerprint density at radius 3 is 2.67 bits per heavy atom. The van der Waals surface area contributed by atoms with Crippen molar-refractivity contribution < 1.29 is 0 Å². The molecule has 0 saturated heterocycles. The Morgan fingerprint density at radius 2 is 1.86 bits per heavy atom. The van der Waals surface area contributed by atoms with E-state index in [1.807, 2.05) is 36.5 Å². The van der Waals surface area contributed by atoms with E-state index in [0.717, 1.165) is 26.6 Å². The highest BCUT2D eigenvalue weighted by Gasteiger charge is 2.09. The van der Waals surface area contributed by atoms with Gasteiger partial charge in [0.25, 0.3) is 0 Å². The second-order valence-corrected chi connectivity index (χ2v) is 6.63. The molecule has 0 unspecified atom stereocenters. The minimum absolute atomic E-state index is 0.507. The highest BCUT2D eigenvalue weighted by Crippen LogP contribution is 2.36. The fourth-order valence-corrected chi connectivity index (χ4v) is 3.17. The van der Waals surface area contributed by atoms with E-state index in [1.54, 1.807) is 0 Å². The summed E-state index contributed by atoms with van der Waals surface area (Å²) in [6.07, 6.45) is 1.96. The predicted octanol–water partition coefficient (Wildman–Crippen LogP) is 6.50. The Hall–Kier alpha value is -0.870. The number of nitrogens with one attached hydrogen (secondary N) is 2. The minimum Gasteiger partial charge on any atom is -0.380 e. The molecule has 3 rings (SSSR count). The number of aromatic nitrogens is 1. The third-order valence-corrected chi connectivity index (χ3v) is 5.24. The molecule has 0 radical (unpaired) electrons. The number of rotatable bonds is 3. The summed E-state index contributed by atoms with van der Waals surface area (Å²) in [6, 6.07) is 9.55. The zero-order valence-corrected chi connectivity index (χ0v) is 14.5. The standard InChI is InChI=1S/C15H10BrCl3N2/c16-11-3-4-12(15(19)14(11)18)20-6-8-7-21-13-5-9(17)1-2-10(8)13/h1-5,7,20-21H,6H2. The third-order valence-electron chi connectivity index (χ3n) is 3.23. The average Bonchev–Trinajstić information content (AvgIpc) is 2.86. The van der Waals surface area contributed by atoms with Crippen molar-refractivity contribution in [2.45, 2.75) is 6.54 Å². The zero-order valence-electron chi connectivity index (χ0n) is 10.7. The van der Waals surface area contributed by atoms with E-state index in [4.69, 9.17) is 34.8 Å². The van der Waals surface area contributed by atoms with E-state index >= 15 is 0 Å². The molecule has 0 atom stereocenters. The summed E-state index contributed by atoms with van der Waals surface area (Å²) in [5, 5.41) is 6.16. The molecule has 0 aliphatic heterocycles. The van der Waals surface area contributed by atoms with Crippen molar-refractivity contribution in [3.63, 3.8) is 0 Å². The van der Waals surface area contributed by atoms with E-state index in [1.165, 1.54) is 0 Å². The number of benzene rings is 2. The highest BCUT2D eigenvalue weighted by atomic mass is 79.9. The van der Waals surface area contributed by atoms with Gasteiger partial charge in [-0.3, -0.25) is 0 Å². The molecule has 0 spiro atoms. The first-order chi connectivity index (χ1) is 10.1. The zero-order chi connectivity index (χ0) is 15.0. The number of hydrogen-bond acceptors (Lipinski definition) is 1. The summed E-state index contributed by atoms with van der Waals surface area (Å²) in [7, 11) is 0. The Bertz CT molecular complexity index is 814. The van der Waals surface area contributed by atoms with E-state index in [0.29, 0.717) is 21.6 Å². The van der Waals surface area contributed by atoms with Gasteiger partial charge in [-0.1, -0.05) is 40.9 Å². The number of H-pyrrole nitrogens is 1. The van der Waals surface area contributed by atoms with Crippen molar-refractivity contribution in [2.75, 3.05) is 5.32 Å². The fourth-order valence-electron chi connectivity index (χ4n) is 2.16. The summed E-state index contributed by atoms with van der Waals surface area (Å²) < 4.78 is 0.779. The lowest BCUT2D eigenvalue weighted by molar-refractivity contribution is 1.16. The summed E-state index contributed by atoms with van der Waals surface area (Å²) in [6.45, 7) is 0.638. The van der Waals surface area contributed by atoms with Gasteiger partial charge in [-0.15, -0.1) is 0 Å². The van der Waals surface area contributed by atoms with Gasteiger partial charge in [-0.05, 0) is 45.8 Å². The maximum Gasteiger partial charge on any atom is 0.0835 e. The average molecular weight is 405 g/mol. The molecule has 2 nitrogen and oxygen atoms in total. The molecule has 0 aliphatic rings. The number of anilines is 1. The van der Waals surface area contributed by atoms with Gasteiger partial charge >= 0.3 is 0 Å². The number of fused-ring (bicyclic) bond motifs is 1. The lowest BCUT2D eigenvalue weighted by Gasteiger charge is -2.10. The quantitative estimate of drug-likeness (QED) is 0.479. The molecular weight excluding hydrogens is 394 g/mol. The Labute approximate surface area is 145 Å². The Kier molecular flexibility index (Phi) is 4.36. The van der Waals surface area contributed by atoms with Crippen LogP contribution in [0, 0.1) is 0 Å². The van der Waals surface area contributed by atoms with Gasteiger partial charge in [-0.2, -0.15) is 0 Å². The van der Waals surface area contributed by atoms with Crippen LogP contribution in [0.25, 0.3) is 10.9 Å². The Balaban J connectivity index is 1.85. The smallest absolute Gasteiger partial charge is 0.0835 e.